The maximum atomic E-state index is 10.8. The van der Waals surface area contributed by atoms with Crippen molar-refractivity contribution < 1.29 is 5.11 Å². The zero-order chi connectivity index (χ0) is 14.3. The van der Waals surface area contributed by atoms with Gasteiger partial charge in [-0.2, -0.15) is 0 Å². The molecule has 0 spiro atoms. The molecule has 1 heterocycles. The van der Waals surface area contributed by atoms with E-state index in [2.05, 4.69) is 45.6 Å². The van der Waals surface area contributed by atoms with Crippen LogP contribution in [0.15, 0.2) is 46.3 Å². The lowest BCUT2D eigenvalue weighted by molar-refractivity contribution is 0.221. The molecule has 0 radical (unpaired) electrons. The fourth-order valence-electron chi connectivity index (χ4n) is 2.48. The predicted octanol–water partition coefficient (Wildman–Crippen LogP) is 5.36. The van der Waals surface area contributed by atoms with Crippen LogP contribution in [-0.2, 0) is 0 Å². The van der Waals surface area contributed by atoms with Gasteiger partial charge in [-0.25, -0.2) is 0 Å². The molecule has 0 aliphatic rings. The molecule has 3 rings (SSSR count). The first-order chi connectivity index (χ1) is 9.58. The van der Waals surface area contributed by atoms with Gasteiger partial charge in [0, 0.05) is 14.7 Å². The second-order valence-corrected chi connectivity index (χ2v) is 6.81. The predicted molar refractivity (Wildman–Crippen MR) is 89.5 cm³/mol. The van der Waals surface area contributed by atoms with Gasteiger partial charge in [0.25, 0.3) is 0 Å². The summed E-state index contributed by atoms with van der Waals surface area (Å²) < 4.78 is 2.30. The molecule has 102 valence electrons. The Labute approximate surface area is 131 Å². The Morgan fingerprint density at radius 2 is 1.80 bits per heavy atom. The zero-order valence-electron chi connectivity index (χ0n) is 11.4. The average Bonchev–Trinajstić information content (AvgIpc) is 2.86. The number of hydrogen-bond acceptors (Lipinski definition) is 2. The van der Waals surface area contributed by atoms with E-state index in [-0.39, 0.29) is 0 Å². The lowest BCUT2D eigenvalue weighted by Gasteiger charge is -2.15. The standard InChI is InChI=1S/C17H15BrOS/c1-10-8-15(18)11(2)7-13(10)17(19)14-9-20-16-6-4-3-5-12(14)16/h3-9,17,19H,1-2H3. The highest BCUT2D eigenvalue weighted by atomic mass is 79.9. The van der Waals surface area contributed by atoms with Crippen molar-refractivity contribution in [2.24, 2.45) is 0 Å². The van der Waals surface area contributed by atoms with E-state index in [1.165, 1.54) is 4.70 Å². The molecule has 0 aliphatic heterocycles. The molecular formula is C17H15BrOS. The van der Waals surface area contributed by atoms with E-state index in [0.29, 0.717) is 0 Å². The molecule has 1 nitrogen and oxygen atoms in total. The van der Waals surface area contributed by atoms with Crippen LogP contribution in [0.3, 0.4) is 0 Å². The van der Waals surface area contributed by atoms with Crippen LogP contribution in [-0.4, -0.2) is 5.11 Å². The molecule has 3 heteroatoms. The normalized spacial score (nSPS) is 12.8. The molecule has 0 amide bonds. The summed E-state index contributed by atoms with van der Waals surface area (Å²) in [5, 5.41) is 14.0. The Hall–Kier alpha value is -1.16. The van der Waals surface area contributed by atoms with Crippen molar-refractivity contribution in [3.8, 4) is 0 Å². The van der Waals surface area contributed by atoms with Crippen molar-refractivity contribution in [3.05, 3.63) is 68.5 Å². The molecule has 1 N–H and O–H groups in total. The molecule has 1 atom stereocenters. The summed E-state index contributed by atoms with van der Waals surface area (Å²) in [4.78, 5) is 0. The number of aliphatic hydroxyl groups is 1. The van der Waals surface area contributed by atoms with Crippen LogP contribution in [0.4, 0.5) is 0 Å². The average molecular weight is 347 g/mol. The summed E-state index contributed by atoms with van der Waals surface area (Å²) in [6.45, 7) is 4.09. The minimum Gasteiger partial charge on any atom is -0.384 e. The Kier molecular flexibility index (Phi) is 3.67. The van der Waals surface area contributed by atoms with E-state index in [9.17, 15) is 5.11 Å². The fraction of sp³-hybridized carbons (Fsp3) is 0.176. The van der Waals surface area contributed by atoms with Crippen LogP contribution in [0.5, 0.6) is 0 Å². The maximum Gasteiger partial charge on any atom is 0.106 e. The summed E-state index contributed by atoms with van der Waals surface area (Å²) in [5.74, 6) is 0. The van der Waals surface area contributed by atoms with Crippen molar-refractivity contribution in [3.63, 3.8) is 0 Å². The van der Waals surface area contributed by atoms with Crippen LogP contribution < -0.4 is 0 Å². The number of thiophene rings is 1. The summed E-state index contributed by atoms with van der Waals surface area (Å²) >= 11 is 5.22. The van der Waals surface area contributed by atoms with Crippen LogP contribution in [0, 0.1) is 13.8 Å². The molecule has 3 aromatic rings. The minimum atomic E-state index is -0.571. The smallest absolute Gasteiger partial charge is 0.106 e. The van der Waals surface area contributed by atoms with Gasteiger partial charge < -0.3 is 5.11 Å². The van der Waals surface area contributed by atoms with Crippen LogP contribution in [0.2, 0.25) is 0 Å². The monoisotopic (exact) mass is 346 g/mol. The molecule has 20 heavy (non-hydrogen) atoms. The van der Waals surface area contributed by atoms with Gasteiger partial charge in [0.1, 0.15) is 6.10 Å². The second-order valence-electron chi connectivity index (χ2n) is 5.05. The highest BCUT2D eigenvalue weighted by Gasteiger charge is 2.17. The van der Waals surface area contributed by atoms with E-state index in [1.807, 2.05) is 26.0 Å². The molecule has 1 unspecified atom stereocenters. The number of aryl methyl sites for hydroxylation is 2. The van der Waals surface area contributed by atoms with Crippen molar-refractivity contribution in [1.82, 2.24) is 0 Å². The highest BCUT2D eigenvalue weighted by molar-refractivity contribution is 9.10. The summed E-state index contributed by atoms with van der Waals surface area (Å²) in [5.41, 5.74) is 4.22. The fourth-order valence-corrected chi connectivity index (χ4v) is 3.91. The first-order valence-corrected chi connectivity index (χ1v) is 8.16. The van der Waals surface area contributed by atoms with Crippen molar-refractivity contribution in [2.75, 3.05) is 0 Å². The number of halogens is 1. The Morgan fingerprint density at radius 3 is 2.60 bits per heavy atom. The topological polar surface area (TPSA) is 20.2 Å². The molecule has 0 bridgehead atoms. The van der Waals surface area contributed by atoms with Crippen LogP contribution >= 0.6 is 27.3 Å². The number of aliphatic hydroxyl groups excluding tert-OH is 1. The van der Waals surface area contributed by atoms with E-state index < -0.39 is 6.10 Å². The SMILES string of the molecule is Cc1cc(C(O)c2csc3ccccc23)c(C)cc1Br. The third-order valence-corrected chi connectivity index (χ3v) is 5.48. The van der Waals surface area contributed by atoms with E-state index in [0.717, 1.165) is 32.1 Å². The van der Waals surface area contributed by atoms with Crippen LogP contribution in [0.25, 0.3) is 10.1 Å². The molecule has 1 aromatic heterocycles. The van der Waals surface area contributed by atoms with Gasteiger partial charge in [0.2, 0.25) is 0 Å². The maximum absolute atomic E-state index is 10.8. The molecule has 2 aromatic carbocycles. The van der Waals surface area contributed by atoms with Gasteiger partial charge in [-0.3, -0.25) is 0 Å². The molecule has 0 saturated carbocycles. The molecular weight excluding hydrogens is 332 g/mol. The highest BCUT2D eigenvalue weighted by Crippen LogP contribution is 2.35. The first-order valence-electron chi connectivity index (χ1n) is 6.49. The van der Waals surface area contributed by atoms with Crippen molar-refractivity contribution >= 4 is 37.4 Å². The third-order valence-electron chi connectivity index (χ3n) is 3.65. The van der Waals surface area contributed by atoms with Gasteiger partial charge in [0.15, 0.2) is 0 Å². The number of rotatable bonds is 2. The Bertz CT molecular complexity index is 776. The number of hydrogen-bond donors (Lipinski definition) is 1. The van der Waals surface area contributed by atoms with Crippen LogP contribution in [0.1, 0.15) is 28.4 Å². The third kappa shape index (κ3) is 2.30. The lowest BCUT2D eigenvalue weighted by Crippen LogP contribution is -2.02. The summed E-state index contributed by atoms with van der Waals surface area (Å²) in [6.07, 6.45) is -0.571. The van der Waals surface area contributed by atoms with E-state index >= 15 is 0 Å². The number of fused-ring (bicyclic) bond motifs is 1. The van der Waals surface area contributed by atoms with Crippen molar-refractivity contribution in [2.45, 2.75) is 20.0 Å². The largest absolute Gasteiger partial charge is 0.384 e. The van der Waals surface area contributed by atoms with Gasteiger partial charge in [0.05, 0.1) is 0 Å². The Balaban J connectivity index is 2.13. The molecule has 0 saturated heterocycles. The quantitative estimate of drug-likeness (QED) is 0.661. The minimum absolute atomic E-state index is 0.571. The van der Waals surface area contributed by atoms with Gasteiger partial charge in [-0.1, -0.05) is 40.2 Å². The van der Waals surface area contributed by atoms with Gasteiger partial charge >= 0.3 is 0 Å². The second kappa shape index (κ2) is 5.32. The number of benzene rings is 2. The van der Waals surface area contributed by atoms with E-state index in [1.54, 1.807) is 11.3 Å². The first kappa shape index (κ1) is 13.8. The zero-order valence-corrected chi connectivity index (χ0v) is 13.8. The van der Waals surface area contributed by atoms with Crippen molar-refractivity contribution in [1.29, 1.82) is 0 Å². The van der Waals surface area contributed by atoms with Gasteiger partial charge in [-0.15, -0.1) is 11.3 Å². The summed E-state index contributed by atoms with van der Waals surface area (Å²) in [7, 11) is 0. The van der Waals surface area contributed by atoms with E-state index in [4.69, 9.17) is 0 Å². The lowest BCUT2D eigenvalue weighted by atomic mass is 9.95. The molecule has 0 aliphatic carbocycles. The van der Waals surface area contributed by atoms with Gasteiger partial charge in [-0.05, 0) is 53.4 Å². The Morgan fingerprint density at radius 1 is 1.05 bits per heavy atom. The summed E-state index contributed by atoms with van der Waals surface area (Å²) in [6, 6.07) is 12.4. The molecule has 0 fully saturated rings.